The van der Waals surface area contributed by atoms with E-state index in [1.807, 2.05) is 0 Å². The monoisotopic (exact) mass is 527 g/mol. The summed E-state index contributed by atoms with van der Waals surface area (Å²) in [6.45, 7) is 0. The van der Waals surface area contributed by atoms with Crippen LogP contribution in [0.5, 0.6) is 0 Å². The summed E-state index contributed by atoms with van der Waals surface area (Å²) < 4.78 is 0. The lowest BCUT2D eigenvalue weighted by Gasteiger charge is -2.24. The number of imidazole rings is 1. The van der Waals surface area contributed by atoms with Crippen molar-refractivity contribution in [3.63, 3.8) is 0 Å². The molecule has 0 aliphatic heterocycles. The van der Waals surface area contributed by atoms with Gasteiger partial charge in [0.1, 0.15) is 18.1 Å². The molecule has 0 fully saturated rings. The highest BCUT2D eigenvalue weighted by molar-refractivity contribution is 5.95. The third-order valence-electron chi connectivity index (χ3n) is 4.92. The smallest absolute Gasteiger partial charge is 0.326 e. The van der Waals surface area contributed by atoms with E-state index >= 15 is 0 Å². The molecule has 204 valence electrons. The van der Waals surface area contributed by atoms with Crippen LogP contribution in [0.4, 0.5) is 0 Å². The lowest BCUT2D eigenvalue weighted by Crippen LogP contribution is -2.57. The van der Waals surface area contributed by atoms with E-state index < -0.39 is 85.0 Å². The van der Waals surface area contributed by atoms with Crippen LogP contribution in [-0.2, 0) is 40.0 Å². The summed E-state index contributed by atoms with van der Waals surface area (Å²) >= 11 is 0. The van der Waals surface area contributed by atoms with Gasteiger partial charge in [-0.1, -0.05) is 0 Å². The Morgan fingerprint density at radius 2 is 1.38 bits per heavy atom. The molecule has 37 heavy (non-hydrogen) atoms. The first-order valence-corrected chi connectivity index (χ1v) is 10.9. The van der Waals surface area contributed by atoms with Crippen LogP contribution in [0.2, 0.25) is 0 Å². The number of nitrogens with two attached hydrogens (primary N) is 2. The zero-order chi connectivity index (χ0) is 28.1. The maximum Gasteiger partial charge on any atom is 0.326 e. The van der Waals surface area contributed by atoms with Crippen LogP contribution in [-0.4, -0.2) is 91.0 Å². The van der Waals surface area contributed by atoms with E-state index in [0.717, 1.165) is 0 Å². The molecule has 4 amide bonds. The van der Waals surface area contributed by atoms with E-state index in [9.17, 15) is 38.7 Å². The quantitative estimate of drug-likeness (QED) is 0.0950. The third-order valence-corrected chi connectivity index (χ3v) is 4.92. The van der Waals surface area contributed by atoms with Gasteiger partial charge in [0.15, 0.2) is 0 Å². The van der Waals surface area contributed by atoms with E-state index in [4.69, 9.17) is 21.7 Å². The number of hydrogen-bond donors (Lipinski definition) is 9. The summed E-state index contributed by atoms with van der Waals surface area (Å²) in [4.78, 5) is 89.0. The fourth-order valence-electron chi connectivity index (χ4n) is 3.01. The van der Waals surface area contributed by atoms with Crippen molar-refractivity contribution in [3.8, 4) is 0 Å². The van der Waals surface area contributed by atoms with Gasteiger partial charge in [0.25, 0.3) is 0 Å². The van der Waals surface area contributed by atoms with Crippen LogP contribution in [0.25, 0.3) is 0 Å². The third kappa shape index (κ3) is 11.6. The number of carboxylic acid groups (broad SMARTS) is 3. The topological polar surface area (TPSA) is 297 Å². The average molecular weight is 527 g/mol. The van der Waals surface area contributed by atoms with E-state index in [0.29, 0.717) is 5.69 Å². The molecule has 1 rings (SSSR count). The Kier molecular flexibility index (Phi) is 12.2. The van der Waals surface area contributed by atoms with Crippen LogP contribution in [0, 0.1) is 0 Å². The molecule has 0 aliphatic carbocycles. The maximum atomic E-state index is 12.9. The van der Waals surface area contributed by atoms with Gasteiger partial charge < -0.3 is 47.7 Å². The summed E-state index contributed by atoms with van der Waals surface area (Å²) in [5.41, 5.74) is 11.0. The standard InChI is InChI=1S/C20H29N7O10/c21-10(6-16(31)32)17(33)25-11(1-3-14(22)28)18(34)26-12(2-4-15(29)30)19(35)27-13(20(36)37)5-9-7-23-8-24-9/h7-8,10-13H,1-6,21H2,(H2,22,28)(H,23,24)(H,25,33)(H,26,34)(H,27,35)(H,29,30)(H,31,32)(H,36,37). The molecule has 0 radical (unpaired) electrons. The SMILES string of the molecule is NC(=O)CCC(NC(=O)C(N)CC(=O)O)C(=O)NC(CCC(=O)O)C(=O)NC(Cc1cnc[nH]1)C(=O)O. The fraction of sp³-hybridized carbons (Fsp3) is 0.500. The summed E-state index contributed by atoms with van der Waals surface area (Å²) in [5.74, 6) is -8.03. The molecule has 17 nitrogen and oxygen atoms in total. The number of carboxylic acids is 3. The Hall–Kier alpha value is -4.54. The predicted molar refractivity (Wildman–Crippen MR) is 121 cm³/mol. The van der Waals surface area contributed by atoms with E-state index in [2.05, 4.69) is 25.9 Å². The molecule has 17 heteroatoms. The number of primary amides is 1. The average Bonchev–Trinajstić information content (AvgIpc) is 3.30. The molecule has 0 saturated heterocycles. The van der Waals surface area contributed by atoms with E-state index in [-0.39, 0.29) is 19.3 Å². The number of carbonyl (C=O) groups excluding carboxylic acids is 4. The van der Waals surface area contributed by atoms with Crippen molar-refractivity contribution in [1.82, 2.24) is 25.9 Å². The maximum absolute atomic E-state index is 12.9. The normalized spacial score (nSPS) is 13.9. The minimum atomic E-state index is -1.55. The Labute approximate surface area is 209 Å². The molecule has 0 bridgehead atoms. The zero-order valence-corrected chi connectivity index (χ0v) is 19.5. The first-order valence-electron chi connectivity index (χ1n) is 10.9. The van der Waals surface area contributed by atoms with Gasteiger partial charge in [-0.15, -0.1) is 0 Å². The van der Waals surface area contributed by atoms with Crippen LogP contribution in [0.3, 0.4) is 0 Å². The number of nitrogens with zero attached hydrogens (tertiary/aromatic N) is 1. The molecule has 11 N–H and O–H groups in total. The Balaban J connectivity index is 3.04. The first-order chi connectivity index (χ1) is 17.3. The molecule has 0 spiro atoms. The molecule has 1 heterocycles. The zero-order valence-electron chi connectivity index (χ0n) is 19.5. The number of carbonyl (C=O) groups is 7. The van der Waals surface area contributed by atoms with Gasteiger partial charge in [-0.25, -0.2) is 9.78 Å². The van der Waals surface area contributed by atoms with Crippen molar-refractivity contribution >= 4 is 41.5 Å². The number of aliphatic carboxylic acids is 3. The van der Waals surface area contributed by atoms with Crippen molar-refractivity contribution in [2.75, 3.05) is 0 Å². The predicted octanol–water partition coefficient (Wildman–Crippen LogP) is -3.58. The van der Waals surface area contributed by atoms with Crippen LogP contribution < -0.4 is 27.4 Å². The molecule has 4 unspecified atom stereocenters. The molecule has 0 aliphatic rings. The molecule has 1 aromatic rings. The second-order valence-electron chi connectivity index (χ2n) is 7.94. The number of nitrogens with one attached hydrogen (secondary N) is 4. The highest BCUT2D eigenvalue weighted by Crippen LogP contribution is 2.06. The van der Waals surface area contributed by atoms with Gasteiger partial charge in [0, 0.05) is 31.2 Å². The van der Waals surface area contributed by atoms with Crippen LogP contribution in [0.15, 0.2) is 12.5 Å². The molecular weight excluding hydrogens is 498 g/mol. The van der Waals surface area contributed by atoms with Gasteiger partial charge >= 0.3 is 17.9 Å². The van der Waals surface area contributed by atoms with Crippen molar-refractivity contribution in [1.29, 1.82) is 0 Å². The molecular formula is C20H29N7O10. The van der Waals surface area contributed by atoms with Gasteiger partial charge in [-0.3, -0.25) is 28.8 Å². The number of hydrogen-bond acceptors (Lipinski definition) is 9. The summed E-state index contributed by atoms with van der Waals surface area (Å²) in [7, 11) is 0. The number of amides is 4. The number of aromatic amines is 1. The molecule has 1 aromatic heterocycles. The van der Waals surface area contributed by atoms with Gasteiger partial charge in [0.05, 0.1) is 18.8 Å². The van der Waals surface area contributed by atoms with Crippen LogP contribution >= 0.6 is 0 Å². The minimum Gasteiger partial charge on any atom is -0.481 e. The van der Waals surface area contributed by atoms with Crippen molar-refractivity contribution in [3.05, 3.63) is 18.2 Å². The number of aromatic nitrogens is 2. The number of rotatable bonds is 17. The van der Waals surface area contributed by atoms with Crippen molar-refractivity contribution < 1.29 is 48.9 Å². The number of H-pyrrole nitrogens is 1. The summed E-state index contributed by atoms with van der Waals surface area (Å²) in [5, 5.41) is 33.9. The van der Waals surface area contributed by atoms with Gasteiger partial charge in [-0.2, -0.15) is 0 Å². The van der Waals surface area contributed by atoms with Gasteiger partial charge in [-0.05, 0) is 12.8 Å². The second kappa shape index (κ2) is 14.8. The highest BCUT2D eigenvalue weighted by atomic mass is 16.4. The van der Waals surface area contributed by atoms with Crippen LogP contribution in [0.1, 0.15) is 37.8 Å². The summed E-state index contributed by atoms with van der Waals surface area (Å²) in [6, 6.07) is -6.05. The van der Waals surface area contributed by atoms with Gasteiger partial charge in [0.2, 0.25) is 23.6 Å². The fourth-order valence-corrected chi connectivity index (χ4v) is 3.01. The van der Waals surface area contributed by atoms with E-state index in [1.165, 1.54) is 12.5 Å². The first kappa shape index (κ1) is 30.5. The second-order valence-corrected chi connectivity index (χ2v) is 7.94. The molecule has 4 atom stereocenters. The Bertz CT molecular complexity index is 998. The molecule has 0 aromatic carbocycles. The Morgan fingerprint density at radius 1 is 0.838 bits per heavy atom. The van der Waals surface area contributed by atoms with Crippen molar-refractivity contribution in [2.24, 2.45) is 11.5 Å². The Morgan fingerprint density at radius 3 is 1.84 bits per heavy atom. The lowest BCUT2D eigenvalue weighted by molar-refractivity contribution is -0.143. The molecule has 0 saturated carbocycles. The van der Waals surface area contributed by atoms with E-state index in [1.54, 1.807) is 0 Å². The lowest BCUT2D eigenvalue weighted by atomic mass is 10.1. The van der Waals surface area contributed by atoms with Crippen molar-refractivity contribution in [2.45, 2.75) is 62.7 Å². The minimum absolute atomic E-state index is 0.195. The largest absolute Gasteiger partial charge is 0.481 e. The highest BCUT2D eigenvalue weighted by Gasteiger charge is 2.31. The summed E-state index contributed by atoms with van der Waals surface area (Å²) in [6.07, 6.45) is -0.0776.